The zero-order valence-electron chi connectivity index (χ0n) is 13.0. The fourth-order valence-electron chi connectivity index (χ4n) is 2.28. The van der Waals surface area contributed by atoms with Crippen LogP contribution in [-0.2, 0) is 27.2 Å². The molecule has 0 bridgehead atoms. The molecule has 21 heavy (non-hydrogen) atoms. The van der Waals surface area contributed by atoms with Gasteiger partial charge in [0.25, 0.3) is 0 Å². The molecule has 5 nitrogen and oxygen atoms in total. The Hall–Kier alpha value is -1.69. The lowest BCUT2D eigenvalue weighted by atomic mass is 10.4. The Kier molecular flexibility index (Phi) is 5.12. The molecule has 2 rings (SSSR count). The highest BCUT2D eigenvalue weighted by Gasteiger charge is 2.10. The third-order valence-corrected chi connectivity index (χ3v) is 3.96. The number of rotatable bonds is 4. The summed E-state index contributed by atoms with van der Waals surface area (Å²) < 4.78 is 5.32. The number of hydrogen-bond acceptors (Lipinski definition) is 1. The smallest absolute Gasteiger partial charge is 0.194 e. The summed E-state index contributed by atoms with van der Waals surface area (Å²) in [5, 5.41) is 3.39. The fourth-order valence-corrected chi connectivity index (χ4v) is 2.85. The SMILES string of the molecule is CN=C(NCc1cccn1C)N(C)Cc1cc(Br)cn1C. The maximum Gasteiger partial charge on any atom is 0.194 e. The molecule has 2 heterocycles. The van der Waals surface area contributed by atoms with Gasteiger partial charge in [0, 0.05) is 56.4 Å². The number of aromatic nitrogens is 2. The second kappa shape index (κ2) is 6.85. The molecule has 0 spiro atoms. The van der Waals surface area contributed by atoms with Crippen molar-refractivity contribution in [3.8, 4) is 0 Å². The summed E-state index contributed by atoms with van der Waals surface area (Å²) in [5.74, 6) is 0.883. The van der Waals surface area contributed by atoms with Gasteiger partial charge in [0.05, 0.1) is 13.1 Å². The summed E-state index contributed by atoms with van der Waals surface area (Å²) in [6.45, 7) is 1.56. The van der Waals surface area contributed by atoms with Crippen molar-refractivity contribution in [2.45, 2.75) is 13.1 Å². The van der Waals surface area contributed by atoms with Crippen LogP contribution in [0.15, 0.2) is 40.1 Å². The standard InChI is InChI=1S/C15H22BrN5/c1-17-15(18-9-13-6-5-7-19(13)2)21(4)11-14-8-12(16)10-20(14)3/h5-8,10H,9,11H2,1-4H3,(H,17,18). The average Bonchev–Trinajstić information content (AvgIpc) is 2.97. The number of halogens is 1. The zero-order valence-corrected chi connectivity index (χ0v) is 14.6. The molecule has 0 aliphatic carbocycles. The first-order valence-electron chi connectivity index (χ1n) is 6.84. The van der Waals surface area contributed by atoms with E-state index < -0.39 is 0 Å². The molecule has 0 fully saturated rings. The van der Waals surface area contributed by atoms with Crippen LogP contribution in [-0.4, -0.2) is 34.1 Å². The summed E-state index contributed by atoms with van der Waals surface area (Å²) in [7, 11) is 7.95. The normalized spacial score (nSPS) is 11.8. The Balaban J connectivity index is 1.97. The minimum absolute atomic E-state index is 0.761. The Morgan fingerprint density at radius 1 is 1.33 bits per heavy atom. The Bertz CT molecular complexity index is 626. The van der Waals surface area contributed by atoms with E-state index in [0.717, 1.165) is 23.5 Å². The molecule has 2 aromatic heterocycles. The number of guanidine groups is 1. The van der Waals surface area contributed by atoms with Gasteiger partial charge in [-0.1, -0.05) is 0 Å². The minimum atomic E-state index is 0.761. The lowest BCUT2D eigenvalue weighted by molar-refractivity contribution is 0.460. The zero-order chi connectivity index (χ0) is 15.4. The molecule has 1 N–H and O–H groups in total. The predicted molar refractivity (Wildman–Crippen MR) is 90.2 cm³/mol. The third kappa shape index (κ3) is 3.91. The molecule has 0 atom stereocenters. The summed E-state index contributed by atoms with van der Waals surface area (Å²) in [6, 6.07) is 6.28. The van der Waals surface area contributed by atoms with Crippen molar-refractivity contribution >= 4 is 21.9 Å². The van der Waals surface area contributed by atoms with E-state index in [1.54, 1.807) is 0 Å². The molecule has 114 valence electrons. The highest BCUT2D eigenvalue weighted by atomic mass is 79.9. The number of aryl methyl sites for hydroxylation is 2. The van der Waals surface area contributed by atoms with Gasteiger partial charge < -0.3 is 19.4 Å². The van der Waals surface area contributed by atoms with E-state index >= 15 is 0 Å². The van der Waals surface area contributed by atoms with E-state index in [1.807, 2.05) is 40.5 Å². The first-order chi connectivity index (χ1) is 10.0. The molecule has 0 radical (unpaired) electrons. The van der Waals surface area contributed by atoms with Gasteiger partial charge in [0.1, 0.15) is 0 Å². The summed E-state index contributed by atoms with van der Waals surface area (Å²) in [5.41, 5.74) is 2.46. The molecule has 6 heteroatoms. The molecule has 0 saturated carbocycles. The fraction of sp³-hybridized carbons (Fsp3) is 0.400. The Morgan fingerprint density at radius 3 is 2.62 bits per heavy atom. The molecule has 0 aromatic carbocycles. The number of hydrogen-bond donors (Lipinski definition) is 1. The Morgan fingerprint density at radius 2 is 2.10 bits per heavy atom. The molecule has 0 amide bonds. The van der Waals surface area contributed by atoms with Crippen molar-refractivity contribution in [2.75, 3.05) is 14.1 Å². The molecule has 0 aliphatic rings. The topological polar surface area (TPSA) is 37.5 Å². The molecular formula is C15H22BrN5. The summed E-state index contributed by atoms with van der Waals surface area (Å²) in [4.78, 5) is 6.47. The van der Waals surface area contributed by atoms with Crippen LogP contribution in [0.1, 0.15) is 11.4 Å². The van der Waals surface area contributed by atoms with Gasteiger partial charge >= 0.3 is 0 Å². The van der Waals surface area contributed by atoms with E-state index in [-0.39, 0.29) is 0 Å². The largest absolute Gasteiger partial charge is 0.353 e. The predicted octanol–water partition coefficient (Wildman–Crippen LogP) is 2.33. The van der Waals surface area contributed by atoms with E-state index in [9.17, 15) is 0 Å². The van der Waals surface area contributed by atoms with Crippen molar-refractivity contribution < 1.29 is 0 Å². The number of aliphatic imine (C=N–C) groups is 1. The van der Waals surface area contributed by atoms with Gasteiger partial charge in [-0.2, -0.15) is 0 Å². The van der Waals surface area contributed by atoms with Crippen molar-refractivity contribution in [2.24, 2.45) is 19.1 Å². The minimum Gasteiger partial charge on any atom is -0.353 e. The van der Waals surface area contributed by atoms with E-state index in [4.69, 9.17) is 0 Å². The van der Waals surface area contributed by atoms with Crippen molar-refractivity contribution in [3.05, 3.63) is 46.5 Å². The first kappa shape index (κ1) is 15.7. The molecular weight excluding hydrogens is 330 g/mol. The van der Waals surface area contributed by atoms with Crippen LogP contribution < -0.4 is 5.32 Å². The van der Waals surface area contributed by atoms with Crippen LogP contribution in [0.2, 0.25) is 0 Å². The van der Waals surface area contributed by atoms with Crippen molar-refractivity contribution in [1.82, 2.24) is 19.4 Å². The van der Waals surface area contributed by atoms with E-state index in [1.165, 1.54) is 11.4 Å². The molecule has 0 aliphatic heterocycles. The summed E-state index contributed by atoms with van der Waals surface area (Å²) >= 11 is 3.50. The van der Waals surface area contributed by atoms with Crippen LogP contribution in [0, 0.1) is 0 Å². The van der Waals surface area contributed by atoms with Crippen LogP contribution in [0.5, 0.6) is 0 Å². The lowest BCUT2D eigenvalue weighted by Crippen LogP contribution is -2.38. The van der Waals surface area contributed by atoms with Crippen LogP contribution in [0.25, 0.3) is 0 Å². The van der Waals surface area contributed by atoms with Gasteiger partial charge in [0.2, 0.25) is 0 Å². The van der Waals surface area contributed by atoms with Crippen LogP contribution in [0.3, 0.4) is 0 Å². The number of nitrogens with one attached hydrogen (secondary N) is 1. The van der Waals surface area contributed by atoms with Gasteiger partial charge in [0.15, 0.2) is 5.96 Å². The highest BCUT2D eigenvalue weighted by molar-refractivity contribution is 9.10. The van der Waals surface area contributed by atoms with Crippen LogP contribution in [0.4, 0.5) is 0 Å². The van der Waals surface area contributed by atoms with Gasteiger partial charge in [-0.25, -0.2) is 0 Å². The average molecular weight is 352 g/mol. The second-order valence-corrected chi connectivity index (χ2v) is 6.04. The van der Waals surface area contributed by atoms with Gasteiger partial charge in [-0.05, 0) is 34.1 Å². The van der Waals surface area contributed by atoms with Crippen molar-refractivity contribution in [3.63, 3.8) is 0 Å². The molecule has 0 unspecified atom stereocenters. The quantitative estimate of drug-likeness (QED) is 0.678. The van der Waals surface area contributed by atoms with Gasteiger partial charge in [-0.15, -0.1) is 0 Å². The molecule has 2 aromatic rings. The first-order valence-corrected chi connectivity index (χ1v) is 7.63. The summed E-state index contributed by atoms with van der Waals surface area (Å²) in [6.07, 6.45) is 4.11. The maximum absolute atomic E-state index is 4.35. The maximum atomic E-state index is 4.35. The monoisotopic (exact) mass is 351 g/mol. The van der Waals surface area contributed by atoms with E-state index in [0.29, 0.717) is 0 Å². The second-order valence-electron chi connectivity index (χ2n) is 5.13. The Labute approximate surface area is 134 Å². The highest BCUT2D eigenvalue weighted by Crippen LogP contribution is 2.15. The lowest BCUT2D eigenvalue weighted by Gasteiger charge is -2.22. The third-order valence-electron chi connectivity index (χ3n) is 3.53. The van der Waals surface area contributed by atoms with Gasteiger partial charge in [-0.3, -0.25) is 4.99 Å². The van der Waals surface area contributed by atoms with Crippen LogP contribution >= 0.6 is 15.9 Å². The number of nitrogens with zero attached hydrogens (tertiary/aromatic N) is 4. The van der Waals surface area contributed by atoms with Crippen molar-refractivity contribution in [1.29, 1.82) is 0 Å². The molecule has 0 saturated heterocycles. The van der Waals surface area contributed by atoms with E-state index in [2.05, 4.69) is 58.6 Å².